The van der Waals surface area contributed by atoms with Crippen molar-refractivity contribution in [1.29, 1.82) is 0 Å². The molecule has 0 aromatic rings. The average Bonchev–Trinajstić information content (AvgIpc) is 3.38. The van der Waals surface area contributed by atoms with Crippen molar-refractivity contribution in [1.82, 2.24) is 20.4 Å². The lowest BCUT2D eigenvalue weighted by molar-refractivity contribution is 0.145. The largest absolute Gasteiger partial charge is 0.365 e. The van der Waals surface area contributed by atoms with Crippen molar-refractivity contribution < 1.29 is 4.79 Å². The summed E-state index contributed by atoms with van der Waals surface area (Å²) < 4.78 is 0. The Kier molecular flexibility index (Phi) is 3.47. The molecule has 0 aromatic carbocycles. The number of fused-ring (bicyclic) bond motifs is 2. The first-order valence-corrected chi connectivity index (χ1v) is 11.4. The summed E-state index contributed by atoms with van der Waals surface area (Å²) in [6.07, 6.45) is 7.65. The van der Waals surface area contributed by atoms with Gasteiger partial charge in [0, 0.05) is 24.5 Å². The molecule has 2 amide bonds. The Hall–Kier alpha value is -1.72. The van der Waals surface area contributed by atoms with Gasteiger partial charge in [-0.3, -0.25) is 9.80 Å². The Labute approximate surface area is 167 Å². The van der Waals surface area contributed by atoms with Gasteiger partial charge >= 0.3 is 6.03 Å². The molecule has 0 spiro atoms. The van der Waals surface area contributed by atoms with Crippen LogP contribution in [0.1, 0.15) is 59.3 Å². The zero-order valence-corrected chi connectivity index (χ0v) is 17.4. The number of rotatable bonds is 4. The van der Waals surface area contributed by atoms with Crippen molar-refractivity contribution in [2.75, 3.05) is 13.1 Å². The Morgan fingerprint density at radius 1 is 1.21 bits per heavy atom. The average molecular weight is 384 g/mol. The van der Waals surface area contributed by atoms with Crippen LogP contribution in [0.25, 0.3) is 0 Å². The zero-order chi connectivity index (χ0) is 19.2. The molecule has 7 aliphatic rings. The molecule has 0 radical (unpaired) electrons. The summed E-state index contributed by atoms with van der Waals surface area (Å²) in [6, 6.07) is 0.443. The van der Waals surface area contributed by atoms with E-state index in [1.54, 1.807) is 0 Å². The van der Waals surface area contributed by atoms with Gasteiger partial charge in [0.1, 0.15) is 17.4 Å². The number of aliphatic imine (C=N–C) groups is 1. The second kappa shape index (κ2) is 5.67. The van der Waals surface area contributed by atoms with Crippen molar-refractivity contribution in [3.8, 4) is 0 Å². The molecule has 28 heavy (non-hydrogen) atoms. The fourth-order valence-corrected chi connectivity index (χ4v) is 7.33. The molecule has 3 unspecified atom stereocenters. The van der Waals surface area contributed by atoms with E-state index >= 15 is 0 Å². The molecule has 5 fully saturated rings. The summed E-state index contributed by atoms with van der Waals surface area (Å²) in [5.74, 6) is 5.31. The number of amides is 2. The molecule has 3 heterocycles. The van der Waals surface area contributed by atoms with Gasteiger partial charge in [0.15, 0.2) is 6.17 Å². The minimum atomic E-state index is -0.153. The lowest BCUT2D eigenvalue weighted by Crippen LogP contribution is -2.53. The Morgan fingerprint density at radius 2 is 1.96 bits per heavy atom. The van der Waals surface area contributed by atoms with Crippen molar-refractivity contribution >= 4 is 11.9 Å². The summed E-state index contributed by atoms with van der Waals surface area (Å²) in [6.45, 7) is 8.13. The normalized spacial score (nSPS) is 42.9. The van der Waals surface area contributed by atoms with E-state index in [0.717, 1.165) is 48.8 Å². The molecule has 4 atom stereocenters. The van der Waals surface area contributed by atoms with Gasteiger partial charge in [0.2, 0.25) is 0 Å². The highest BCUT2D eigenvalue weighted by molar-refractivity contribution is 5.95. The number of nitrogens with one attached hydrogen (secondary N) is 2. The molecule has 3 aliphatic heterocycles. The van der Waals surface area contributed by atoms with E-state index in [1.165, 1.54) is 37.9 Å². The van der Waals surface area contributed by atoms with Gasteiger partial charge in [0.25, 0.3) is 0 Å². The number of hydrogen-bond donors (Lipinski definition) is 2. The number of hydrogen-bond acceptors (Lipinski definition) is 4. The highest BCUT2D eigenvalue weighted by atomic mass is 16.2. The standard InChI is InChI=1S/C22H33N5O/c1-4-5-26-19-17(18-23-16(12(2)3)11-27(18)21(26)28)24-20(25-19)22-9-13-6-14(10-22)8-15(22)7-13/h12-16,19,23H,4-11H2,1-3H3,(H,24,25)/t13?,14?,15?,16-,19?,22?/m0/s1. The van der Waals surface area contributed by atoms with Gasteiger partial charge in [-0.2, -0.15) is 0 Å². The fraction of sp³-hybridized carbons (Fsp3) is 0.818. The van der Waals surface area contributed by atoms with Gasteiger partial charge in [0.05, 0.1) is 0 Å². The quantitative estimate of drug-likeness (QED) is 0.784. The van der Waals surface area contributed by atoms with Crippen LogP contribution < -0.4 is 10.6 Å². The van der Waals surface area contributed by atoms with E-state index in [-0.39, 0.29) is 17.6 Å². The molecule has 2 N–H and O–H groups in total. The zero-order valence-electron chi connectivity index (χ0n) is 17.4. The molecule has 6 nitrogen and oxygen atoms in total. The van der Waals surface area contributed by atoms with E-state index in [1.807, 2.05) is 9.80 Å². The molecular formula is C22H33N5O. The highest BCUT2D eigenvalue weighted by Crippen LogP contribution is 2.66. The molecular weight excluding hydrogens is 350 g/mol. The van der Waals surface area contributed by atoms with Crippen molar-refractivity contribution in [3.63, 3.8) is 0 Å². The van der Waals surface area contributed by atoms with Crippen LogP contribution in [-0.4, -0.2) is 47.0 Å². The first-order valence-electron chi connectivity index (χ1n) is 11.4. The summed E-state index contributed by atoms with van der Waals surface area (Å²) in [7, 11) is 0. The van der Waals surface area contributed by atoms with Crippen LogP contribution >= 0.6 is 0 Å². The highest BCUT2D eigenvalue weighted by Gasteiger charge is 2.62. The maximum absolute atomic E-state index is 13.3. The topological polar surface area (TPSA) is 60.0 Å². The van der Waals surface area contributed by atoms with Crippen LogP contribution in [0.15, 0.2) is 16.5 Å². The van der Waals surface area contributed by atoms with Crippen LogP contribution in [0.5, 0.6) is 0 Å². The molecule has 7 rings (SSSR count). The molecule has 1 saturated heterocycles. The van der Waals surface area contributed by atoms with Gasteiger partial charge in [-0.05, 0) is 62.2 Å². The van der Waals surface area contributed by atoms with E-state index in [0.29, 0.717) is 12.0 Å². The number of amidine groups is 1. The number of carbonyl (C=O) groups is 1. The Bertz CT molecular complexity index is 772. The second-order valence-corrected chi connectivity index (χ2v) is 10.5. The van der Waals surface area contributed by atoms with Crippen LogP contribution in [0.4, 0.5) is 4.79 Å². The molecule has 4 saturated carbocycles. The summed E-state index contributed by atoms with van der Waals surface area (Å²) in [4.78, 5) is 22.5. The smallest absolute Gasteiger partial charge is 0.327 e. The molecule has 6 heteroatoms. The van der Waals surface area contributed by atoms with E-state index in [9.17, 15) is 4.79 Å². The minimum Gasteiger partial charge on any atom is -0.365 e. The SMILES string of the molecule is CCCN1C(=O)N2C[C@@H](C(C)C)NC2=C2NC(C34CC5CC(CC3C5)C4)=NC21. The van der Waals surface area contributed by atoms with Crippen molar-refractivity contribution in [3.05, 3.63) is 11.5 Å². The third-order valence-electron chi connectivity index (χ3n) is 8.49. The van der Waals surface area contributed by atoms with E-state index in [4.69, 9.17) is 4.99 Å². The van der Waals surface area contributed by atoms with E-state index in [2.05, 4.69) is 31.4 Å². The van der Waals surface area contributed by atoms with Crippen LogP contribution in [0.2, 0.25) is 0 Å². The Morgan fingerprint density at radius 3 is 2.64 bits per heavy atom. The minimum absolute atomic E-state index is 0.128. The van der Waals surface area contributed by atoms with Crippen molar-refractivity contribution in [2.24, 2.45) is 34.1 Å². The fourth-order valence-electron chi connectivity index (χ4n) is 7.33. The van der Waals surface area contributed by atoms with E-state index < -0.39 is 0 Å². The third kappa shape index (κ3) is 2.09. The summed E-state index contributed by atoms with van der Waals surface area (Å²) >= 11 is 0. The summed E-state index contributed by atoms with van der Waals surface area (Å²) in [5, 5.41) is 7.47. The number of carbonyl (C=O) groups excluding carboxylic acids is 1. The van der Waals surface area contributed by atoms with Crippen LogP contribution in [0, 0.1) is 29.1 Å². The predicted octanol–water partition coefficient (Wildman–Crippen LogP) is 3.09. The maximum Gasteiger partial charge on any atom is 0.327 e. The monoisotopic (exact) mass is 383 g/mol. The van der Waals surface area contributed by atoms with Gasteiger partial charge in [-0.1, -0.05) is 20.8 Å². The number of urea groups is 1. The summed E-state index contributed by atoms with van der Waals surface area (Å²) in [5.41, 5.74) is 1.40. The molecule has 4 aliphatic carbocycles. The third-order valence-corrected chi connectivity index (χ3v) is 8.49. The van der Waals surface area contributed by atoms with Crippen LogP contribution in [-0.2, 0) is 0 Å². The maximum atomic E-state index is 13.3. The van der Waals surface area contributed by atoms with Crippen molar-refractivity contribution in [2.45, 2.75) is 71.5 Å². The second-order valence-electron chi connectivity index (χ2n) is 10.5. The van der Waals surface area contributed by atoms with Gasteiger partial charge in [-0.25, -0.2) is 9.79 Å². The first-order chi connectivity index (χ1) is 13.5. The van der Waals surface area contributed by atoms with Crippen LogP contribution in [0.3, 0.4) is 0 Å². The lowest BCUT2D eigenvalue weighted by Gasteiger charge is -2.36. The molecule has 4 bridgehead atoms. The van der Waals surface area contributed by atoms with Gasteiger partial charge in [-0.15, -0.1) is 0 Å². The first kappa shape index (κ1) is 17.2. The van der Waals surface area contributed by atoms with Gasteiger partial charge < -0.3 is 10.6 Å². The predicted molar refractivity (Wildman–Crippen MR) is 108 cm³/mol. The molecule has 152 valence electrons. The number of nitrogens with zero attached hydrogens (tertiary/aromatic N) is 3. The molecule has 0 aromatic heterocycles. The lowest BCUT2D eigenvalue weighted by atomic mass is 9.74. The Balaban J connectivity index is 1.39.